The maximum absolute atomic E-state index is 11.2. The minimum atomic E-state index is -0.0326. The smallest absolute Gasteiger partial charge is 0.264 e. The van der Waals surface area contributed by atoms with Crippen molar-refractivity contribution in [1.29, 1.82) is 0 Å². The lowest BCUT2D eigenvalue weighted by molar-refractivity contribution is 0.101. The van der Waals surface area contributed by atoms with Gasteiger partial charge in [0.25, 0.3) is 5.17 Å². The number of carbonyl (C=O) groups is 1. The van der Waals surface area contributed by atoms with Gasteiger partial charge in [0.2, 0.25) is 0 Å². The van der Waals surface area contributed by atoms with Gasteiger partial charge in [0, 0.05) is 18.7 Å². The Morgan fingerprint density at radius 3 is 2.44 bits per heavy atom. The first kappa shape index (κ1) is 14.9. The zero-order chi connectivity index (χ0) is 13.7. The highest BCUT2D eigenvalue weighted by atomic mass is 35.5. The first-order valence-electron chi connectivity index (χ1n) is 5.76. The molecular weight excluding hydrogens is 270 g/mol. The van der Waals surface area contributed by atoms with Crippen LogP contribution in [0.5, 0.6) is 5.75 Å². The van der Waals surface area contributed by atoms with Crippen LogP contribution in [-0.2, 0) is 0 Å². The standard InChI is InChI=1S/C13H16ClNO2S/c1-4-15(5-2)13(18)17-12-7-6-10(9(3)16)8-11(12)14/h6-8H,4-5H2,1-3H3. The third kappa shape index (κ3) is 3.68. The molecule has 0 unspecified atom stereocenters. The van der Waals surface area contributed by atoms with E-state index < -0.39 is 0 Å². The van der Waals surface area contributed by atoms with Gasteiger partial charge >= 0.3 is 0 Å². The molecule has 5 heteroatoms. The Hall–Kier alpha value is -1.13. The molecule has 0 aromatic heterocycles. The van der Waals surface area contributed by atoms with Crippen LogP contribution in [0.3, 0.4) is 0 Å². The lowest BCUT2D eigenvalue weighted by Gasteiger charge is -2.21. The normalized spacial score (nSPS) is 10.0. The van der Waals surface area contributed by atoms with Crippen molar-refractivity contribution in [2.75, 3.05) is 13.1 Å². The van der Waals surface area contributed by atoms with Crippen molar-refractivity contribution in [2.45, 2.75) is 20.8 Å². The molecule has 0 spiro atoms. The molecule has 0 bridgehead atoms. The summed E-state index contributed by atoms with van der Waals surface area (Å²) in [5, 5.41) is 0.773. The first-order valence-corrected chi connectivity index (χ1v) is 6.55. The number of rotatable bonds is 4. The van der Waals surface area contributed by atoms with E-state index in [2.05, 4.69) is 0 Å². The van der Waals surface area contributed by atoms with Crippen LogP contribution >= 0.6 is 23.8 Å². The molecule has 0 heterocycles. The summed E-state index contributed by atoms with van der Waals surface area (Å²) in [4.78, 5) is 13.1. The summed E-state index contributed by atoms with van der Waals surface area (Å²) in [6.07, 6.45) is 0. The summed E-state index contributed by atoms with van der Waals surface area (Å²) < 4.78 is 5.54. The number of benzene rings is 1. The molecule has 0 radical (unpaired) electrons. The topological polar surface area (TPSA) is 29.5 Å². The van der Waals surface area contributed by atoms with Crippen molar-refractivity contribution in [3.63, 3.8) is 0 Å². The minimum Gasteiger partial charge on any atom is -0.430 e. The first-order chi connectivity index (χ1) is 8.49. The number of halogens is 1. The zero-order valence-electron chi connectivity index (χ0n) is 10.7. The summed E-state index contributed by atoms with van der Waals surface area (Å²) in [5.74, 6) is 0.438. The Morgan fingerprint density at radius 2 is 2.00 bits per heavy atom. The van der Waals surface area contributed by atoms with Crippen LogP contribution in [0.15, 0.2) is 18.2 Å². The van der Waals surface area contributed by atoms with Crippen LogP contribution in [0.2, 0.25) is 5.02 Å². The average Bonchev–Trinajstić information content (AvgIpc) is 2.33. The zero-order valence-corrected chi connectivity index (χ0v) is 12.3. The van der Waals surface area contributed by atoms with E-state index in [1.54, 1.807) is 18.2 Å². The van der Waals surface area contributed by atoms with Gasteiger partial charge in [-0.05, 0) is 51.2 Å². The number of thiocarbonyl (C=S) groups is 1. The second-order valence-electron chi connectivity index (χ2n) is 3.74. The molecule has 0 fully saturated rings. The molecule has 0 atom stereocenters. The number of ether oxygens (including phenoxy) is 1. The van der Waals surface area contributed by atoms with Crippen molar-refractivity contribution in [3.8, 4) is 5.75 Å². The quantitative estimate of drug-likeness (QED) is 0.625. The summed E-state index contributed by atoms with van der Waals surface area (Å²) in [7, 11) is 0. The molecule has 18 heavy (non-hydrogen) atoms. The lowest BCUT2D eigenvalue weighted by Crippen LogP contribution is -2.32. The lowest BCUT2D eigenvalue weighted by atomic mass is 10.1. The number of carbonyl (C=O) groups excluding carboxylic acids is 1. The molecule has 1 aromatic rings. The monoisotopic (exact) mass is 285 g/mol. The Balaban J connectivity index is 2.86. The van der Waals surface area contributed by atoms with Crippen LogP contribution in [0.25, 0.3) is 0 Å². The number of hydrogen-bond donors (Lipinski definition) is 0. The molecule has 0 N–H and O–H groups in total. The van der Waals surface area contributed by atoms with E-state index in [1.807, 2.05) is 18.7 Å². The van der Waals surface area contributed by atoms with E-state index in [1.165, 1.54) is 6.92 Å². The summed E-state index contributed by atoms with van der Waals surface area (Å²) >= 11 is 11.2. The molecule has 0 aliphatic heterocycles. The molecule has 0 aliphatic rings. The Bertz CT molecular complexity index is 458. The van der Waals surface area contributed by atoms with Gasteiger partial charge in [0.1, 0.15) is 5.75 Å². The highest BCUT2D eigenvalue weighted by Crippen LogP contribution is 2.26. The van der Waals surface area contributed by atoms with E-state index in [0.717, 1.165) is 13.1 Å². The maximum atomic E-state index is 11.2. The van der Waals surface area contributed by atoms with Crippen LogP contribution in [0.4, 0.5) is 0 Å². The Morgan fingerprint density at radius 1 is 1.39 bits per heavy atom. The fourth-order valence-corrected chi connectivity index (χ4v) is 2.01. The molecule has 0 aliphatic carbocycles. The predicted octanol–water partition coefficient (Wildman–Crippen LogP) is 3.55. The number of ketones is 1. The molecule has 0 saturated carbocycles. The van der Waals surface area contributed by atoms with Gasteiger partial charge in [-0.25, -0.2) is 0 Å². The van der Waals surface area contributed by atoms with Gasteiger partial charge in [-0.15, -0.1) is 0 Å². The fraction of sp³-hybridized carbons (Fsp3) is 0.385. The van der Waals surface area contributed by atoms with E-state index in [4.69, 9.17) is 28.6 Å². The molecule has 3 nitrogen and oxygen atoms in total. The molecule has 0 saturated heterocycles. The second-order valence-corrected chi connectivity index (χ2v) is 4.50. The Kier molecular flexibility index (Phi) is 5.56. The van der Waals surface area contributed by atoms with Crippen molar-refractivity contribution < 1.29 is 9.53 Å². The molecule has 0 amide bonds. The van der Waals surface area contributed by atoms with E-state index in [9.17, 15) is 4.79 Å². The summed E-state index contributed by atoms with van der Waals surface area (Å²) in [5.41, 5.74) is 0.557. The average molecular weight is 286 g/mol. The maximum Gasteiger partial charge on any atom is 0.264 e. The number of hydrogen-bond acceptors (Lipinski definition) is 3. The molecule has 1 aromatic carbocycles. The van der Waals surface area contributed by atoms with Crippen molar-refractivity contribution >= 4 is 34.8 Å². The highest BCUT2D eigenvalue weighted by molar-refractivity contribution is 7.80. The summed E-state index contributed by atoms with van der Waals surface area (Å²) in [6, 6.07) is 4.92. The third-order valence-electron chi connectivity index (χ3n) is 2.56. The van der Waals surface area contributed by atoms with Crippen LogP contribution in [-0.4, -0.2) is 28.9 Å². The molecule has 98 valence electrons. The van der Waals surface area contributed by atoms with E-state index >= 15 is 0 Å². The van der Waals surface area contributed by atoms with Crippen LogP contribution in [0.1, 0.15) is 31.1 Å². The van der Waals surface area contributed by atoms with Gasteiger partial charge in [0.05, 0.1) is 5.02 Å². The number of Topliss-reactive ketones (excluding diaryl/α,β-unsaturated/α-hetero) is 1. The van der Waals surface area contributed by atoms with Gasteiger partial charge < -0.3 is 9.64 Å². The van der Waals surface area contributed by atoms with Crippen molar-refractivity contribution in [2.24, 2.45) is 0 Å². The van der Waals surface area contributed by atoms with E-state index in [0.29, 0.717) is 21.5 Å². The SMILES string of the molecule is CCN(CC)C(=S)Oc1ccc(C(C)=O)cc1Cl. The minimum absolute atomic E-state index is 0.0326. The van der Waals surface area contributed by atoms with Crippen LogP contribution < -0.4 is 4.74 Å². The summed E-state index contributed by atoms with van der Waals surface area (Å²) in [6.45, 7) is 7.04. The fourth-order valence-electron chi connectivity index (χ4n) is 1.44. The van der Waals surface area contributed by atoms with Crippen molar-refractivity contribution in [3.05, 3.63) is 28.8 Å². The molecular formula is C13H16ClNO2S. The highest BCUT2D eigenvalue weighted by Gasteiger charge is 2.11. The van der Waals surface area contributed by atoms with Gasteiger partial charge in [0.15, 0.2) is 5.78 Å². The Labute approximate surface area is 118 Å². The molecule has 1 rings (SSSR count). The number of nitrogens with zero attached hydrogens (tertiary/aromatic N) is 1. The van der Waals surface area contributed by atoms with Crippen LogP contribution in [0, 0.1) is 0 Å². The third-order valence-corrected chi connectivity index (χ3v) is 3.19. The van der Waals surface area contributed by atoms with E-state index in [-0.39, 0.29) is 5.78 Å². The van der Waals surface area contributed by atoms with Crippen molar-refractivity contribution in [1.82, 2.24) is 4.90 Å². The van der Waals surface area contributed by atoms with Gasteiger partial charge in [-0.1, -0.05) is 11.6 Å². The second kappa shape index (κ2) is 6.71. The van der Waals surface area contributed by atoms with Gasteiger partial charge in [-0.3, -0.25) is 4.79 Å². The van der Waals surface area contributed by atoms with Gasteiger partial charge in [-0.2, -0.15) is 0 Å². The predicted molar refractivity (Wildman–Crippen MR) is 77.6 cm³/mol. The largest absolute Gasteiger partial charge is 0.430 e.